The molecule has 0 radical (unpaired) electrons. The van der Waals surface area contributed by atoms with Crippen LogP contribution in [0.2, 0.25) is 5.02 Å². The summed E-state index contributed by atoms with van der Waals surface area (Å²) in [6, 6.07) is 8.92. The molecule has 1 N–H and O–H groups in total. The molecule has 0 saturated heterocycles. The summed E-state index contributed by atoms with van der Waals surface area (Å²) in [5.41, 5.74) is 0.482. The number of hydrogen-bond donors (Lipinski definition) is 1. The van der Waals surface area contributed by atoms with Crippen LogP contribution in [0.3, 0.4) is 0 Å². The zero-order valence-electron chi connectivity index (χ0n) is 10.3. The number of hydrogen-bond acceptors (Lipinski definition) is 3. The fourth-order valence-electron chi connectivity index (χ4n) is 1.58. The van der Waals surface area contributed by atoms with Gasteiger partial charge in [0.05, 0.1) is 16.2 Å². The first-order valence-corrected chi connectivity index (χ1v) is 7.55. The molecule has 5 nitrogen and oxygen atoms in total. The van der Waals surface area contributed by atoms with E-state index in [1.54, 1.807) is 18.2 Å². The number of amides is 1. The molecule has 21 heavy (non-hydrogen) atoms. The molecule has 0 aromatic heterocycles. The third-order valence-electron chi connectivity index (χ3n) is 2.58. The Morgan fingerprint density at radius 3 is 2.48 bits per heavy atom. The number of carbonyl (C=O) groups excluding carboxylic acids is 1. The lowest BCUT2D eigenvalue weighted by molar-refractivity contribution is -0.384. The van der Waals surface area contributed by atoms with Crippen molar-refractivity contribution in [2.75, 3.05) is 5.32 Å². The van der Waals surface area contributed by atoms with E-state index in [0.717, 1.165) is 0 Å². The first kappa shape index (κ1) is 15.9. The van der Waals surface area contributed by atoms with Crippen LogP contribution in [-0.2, 0) is 0 Å². The molecule has 1 amide bonds. The second-order valence-electron chi connectivity index (χ2n) is 4.00. The summed E-state index contributed by atoms with van der Waals surface area (Å²) in [7, 11) is 0. The monoisotopic (exact) mass is 432 g/mol. The highest BCUT2D eigenvalue weighted by atomic mass is 79.9. The number of nitrogens with one attached hydrogen (secondary N) is 1. The first-order valence-electron chi connectivity index (χ1n) is 5.59. The molecular weight excluding hydrogens is 427 g/mol. The van der Waals surface area contributed by atoms with E-state index in [-0.39, 0.29) is 11.3 Å². The largest absolute Gasteiger partial charge is 0.321 e. The molecule has 0 fully saturated rings. The van der Waals surface area contributed by atoms with Crippen molar-refractivity contribution in [2.45, 2.75) is 0 Å². The Kier molecular flexibility index (Phi) is 4.97. The number of non-ortho nitro benzene ring substituents is 1. The van der Waals surface area contributed by atoms with Crippen molar-refractivity contribution < 1.29 is 9.72 Å². The minimum Gasteiger partial charge on any atom is -0.321 e. The van der Waals surface area contributed by atoms with E-state index in [1.165, 1.54) is 18.2 Å². The van der Waals surface area contributed by atoms with Gasteiger partial charge in [0.15, 0.2) is 0 Å². The average molecular weight is 434 g/mol. The first-order chi connectivity index (χ1) is 9.88. The van der Waals surface area contributed by atoms with Gasteiger partial charge in [-0.1, -0.05) is 11.6 Å². The second-order valence-corrected chi connectivity index (χ2v) is 6.14. The van der Waals surface area contributed by atoms with Gasteiger partial charge in [-0.2, -0.15) is 0 Å². The smallest absolute Gasteiger partial charge is 0.270 e. The SMILES string of the molecule is O=C(Nc1cc(Cl)ccc1Br)c1cc([N+](=O)[O-])ccc1Br. The highest BCUT2D eigenvalue weighted by Gasteiger charge is 2.16. The summed E-state index contributed by atoms with van der Waals surface area (Å²) in [5, 5.41) is 13.9. The maximum absolute atomic E-state index is 12.2. The van der Waals surface area contributed by atoms with Crippen LogP contribution in [0.4, 0.5) is 11.4 Å². The van der Waals surface area contributed by atoms with Gasteiger partial charge in [-0.25, -0.2) is 0 Å². The molecule has 0 bridgehead atoms. The minimum absolute atomic E-state index is 0.159. The Bertz CT molecular complexity index is 737. The summed E-state index contributed by atoms with van der Waals surface area (Å²) in [4.78, 5) is 22.5. The third kappa shape index (κ3) is 3.81. The lowest BCUT2D eigenvalue weighted by Gasteiger charge is -2.09. The molecule has 0 unspecified atom stereocenters. The molecule has 2 rings (SSSR count). The molecular formula is C13H7Br2ClN2O3. The molecule has 2 aromatic rings. The van der Waals surface area contributed by atoms with Gasteiger partial charge >= 0.3 is 0 Å². The summed E-state index contributed by atoms with van der Waals surface area (Å²) < 4.78 is 1.12. The van der Waals surface area contributed by atoms with Gasteiger partial charge in [-0.3, -0.25) is 14.9 Å². The number of nitro groups is 1. The Labute approximate surface area is 141 Å². The van der Waals surface area contributed by atoms with Crippen LogP contribution in [0.15, 0.2) is 45.3 Å². The van der Waals surface area contributed by atoms with Crippen LogP contribution in [0, 0.1) is 10.1 Å². The number of benzene rings is 2. The normalized spacial score (nSPS) is 10.2. The molecule has 0 saturated carbocycles. The lowest BCUT2D eigenvalue weighted by atomic mass is 10.2. The number of nitrogens with zero attached hydrogens (tertiary/aromatic N) is 1. The van der Waals surface area contributed by atoms with Crippen molar-refractivity contribution in [1.82, 2.24) is 0 Å². The van der Waals surface area contributed by atoms with E-state index in [0.29, 0.717) is 19.7 Å². The zero-order valence-corrected chi connectivity index (χ0v) is 14.2. The molecule has 0 atom stereocenters. The van der Waals surface area contributed by atoms with Crippen molar-refractivity contribution in [3.05, 3.63) is 66.0 Å². The van der Waals surface area contributed by atoms with E-state index in [2.05, 4.69) is 37.2 Å². The Morgan fingerprint density at radius 2 is 1.81 bits per heavy atom. The van der Waals surface area contributed by atoms with Gasteiger partial charge < -0.3 is 5.32 Å². The number of carbonyl (C=O) groups is 1. The van der Waals surface area contributed by atoms with Crippen LogP contribution in [-0.4, -0.2) is 10.8 Å². The predicted octanol–water partition coefficient (Wildman–Crippen LogP) is 5.03. The fraction of sp³-hybridized carbons (Fsp3) is 0. The van der Waals surface area contributed by atoms with Crippen LogP contribution in [0.5, 0.6) is 0 Å². The van der Waals surface area contributed by atoms with E-state index >= 15 is 0 Å². The zero-order chi connectivity index (χ0) is 15.6. The Hall–Kier alpha value is -1.44. The molecule has 0 aliphatic rings. The Balaban J connectivity index is 2.34. The molecule has 0 heterocycles. The molecule has 108 valence electrons. The van der Waals surface area contributed by atoms with Crippen LogP contribution >= 0.6 is 43.5 Å². The summed E-state index contributed by atoms with van der Waals surface area (Å²) in [6.07, 6.45) is 0. The predicted molar refractivity (Wildman–Crippen MR) is 87.9 cm³/mol. The van der Waals surface area contributed by atoms with Gasteiger partial charge in [-0.05, 0) is 56.1 Å². The van der Waals surface area contributed by atoms with Gasteiger partial charge in [0, 0.05) is 26.1 Å². The summed E-state index contributed by atoms with van der Waals surface area (Å²) in [6.45, 7) is 0. The number of rotatable bonds is 3. The van der Waals surface area contributed by atoms with Gasteiger partial charge in [0.25, 0.3) is 11.6 Å². The van der Waals surface area contributed by atoms with E-state index < -0.39 is 10.8 Å². The maximum atomic E-state index is 12.2. The van der Waals surface area contributed by atoms with Crippen molar-refractivity contribution in [3.63, 3.8) is 0 Å². The number of halogens is 3. The lowest BCUT2D eigenvalue weighted by Crippen LogP contribution is -2.13. The maximum Gasteiger partial charge on any atom is 0.270 e. The molecule has 2 aromatic carbocycles. The minimum atomic E-state index is -0.557. The van der Waals surface area contributed by atoms with Gasteiger partial charge in [0.2, 0.25) is 0 Å². The molecule has 8 heteroatoms. The van der Waals surface area contributed by atoms with E-state index in [9.17, 15) is 14.9 Å². The van der Waals surface area contributed by atoms with E-state index in [4.69, 9.17) is 11.6 Å². The molecule has 0 spiro atoms. The third-order valence-corrected chi connectivity index (χ3v) is 4.20. The molecule has 0 aliphatic heterocycles. The second kappa shape index (κ2) is 6.55. The van der Waals surface area contributed by atoms with Gasteiger partial charge in [0.1, 0.15) is 0 Å². The van der Waals surface area contributed by atoms with E-state index in [1.807, 2.05) is 0 Å². The van der Waals surface area contributed by atoms with Crippen molar-refractivity contribution in [2.24, 2.45) is 0 Å². The van der Waals surface area contributed by atoms with Crippen LogP contribution in [0.25, 0.3) is 0 Å². The number of nitro benzene ring substituents is 1. The number of anilines is 1. The van der Waals surface area contributed by atoms with Gasteiger partial charge in [-0.15, -0.1) is 0 Å². The van der Waals surface area contributed by atoms with Crippen molar-refractivity contribution >= 4 is 60.7 Å². The summed E-state index contributed by atoms with van der Waals surface area (Å²) in [5.74, 6) is -0.478. The average Bonchev–Trinajstić information content (AvgIpc) is 2.43. The van der Waals surface area contributed by atoms with Crippen molar-refractivity contribution in [1.29, 1.82) is 0 Å². The van der Waals surface area contributed by atoms with Crippen molar-refractivity contribution in [3.8, 4) is 0 Å². The van der Waals surface area contributed by atoms with Crippen LogP contribution in [0.1, 0.15) is 10.4 Å². The Morgan fingerprint density at radius 1 is 1.14 bits per heavy atom. The highest BCUT2D eigenvalue weighted by molar-refractivity contribution is 9.11. The fourth-order valence-corrected chi connectivity index (χ4v) is 2.53. The quantitative estimate of drug-likeness (QED) is 0.544. The molecule has 0 aliphatic carbocycles. The summed E-state index contributed by atoms with van der Waals surface area (Å²) >= 11 is 12.4. The standard InChI is InChI=1S/C13H7Br2ClN2O3/c14-10-4-2-8(18(20)21)6-9(10)13(19)17-12-5-7(16)1-3-11(12)15/h1-6H,(H,17,19). The van der Waals surface area contributed by atoms with Crippen LogP contribution < -0.4 is 5.32 Å². The highest BCUT2D eigenvalue weighted by Crippen LogP contribution is 2.28. The topological polar surface area (TPSA) is 72.2 Å².